The summed E-state index contributed by atoms with van der Waals surface area (Å²) in [5.74, 6) is 2.42. The lowest BCUT2D eigenvalue weighted by Crippen LogP contribution is -2.26. The molecule has 0 radical (unpaired) electrons. The molecule has 1 aliphatic rings. The lowest BCUT2D eigenvalue weighted by molar-refractivity contribution is 0.519. The Morgan fingerprint density at radius 1 is 1.53 bits per heavy atom. The van der Waals surface area contributed by atoms with Crippen LogP contribution in [0.4, 0.5) is 5.95 Å². The smallest absolute Gasteiger partial charge is 0.205 e. The first-order valence-corrected chi connectivity index (χ1v) is 6.59. The molecule has 17 heavy (non-hydrogen) atoms. The normalized spacial score (nSPS) is 20.5. The Kier molecular flexibility index (Phi) is 3.72. The molecule has 1 aliphatic heterocycles. The highest BCUT2D eigenvalue weighted by Gasteiger charge is 2.24. The van der Waals surface area contributed by atoms with Crippen molar-refractivity contribution in [1.29, 1.82) is 0 Å². The molecule has 96 valence electrons. The van der Waals surface area contributed by atoms with Gasteiger partial charge >= 0.3 is 0 Å². The maximum absolute atomic E-state index is 5.74. The van der Waals surface area contributed by atoms with Crippen molar-refractivity contribution < 1.29 is 0 Å². The molecular weight excluding hydrogens is 212 g/mol. The monoisotopic (exact) mass is 236 g/mol. The molecule has 2 heterocycles. The molecule has 2 rings (SSSR count). The lowest BCUT2D eigenvalue weighted by Gasteiger charge is -2.20. The fraction of sp³-hybridized carbons (Fsp3) is 0.769. The van der Waals surface area contributed by atoms with E-state index in [0.29, 0.717) is 11.8 Å². The van der Waals surface area contributed by atoms with Crippen molar-refractivity contribution >= 4 is 5.95 Å². The summed E-state index contributed by atoms with van der Waals surface area (Å²) < 4.78 is 2.29. The fourth-order valence-electron chi connectivity index (χ4n) is 2.52. The van der Waals surface area contributed by atoms with Crippen molar-refractivity contribution in [2.45, 2.75) is 33.7 Å². The minimum absolute atomic E-state index is 0.638. The van der Waals surface area contributed by atoms with Crippen LogP contribution in [0.25, 0.3) is 0 Å². The molecule has 1 aromatic rings. The Hall–Kier alpha value is -1.03. The second-order valence-electron chi connectivity index (χ2n) is 5.56. The van der Waals surface area contributed by atoms with Gasteiger partial charge in [-0.25, -0.2) is 4.98 Å². The van der Waals surface area contributed by atoms with Gasteiger partial charge in [0.25, 0.3) is 0 Å². The molecule has 0 aliphatic carbocycles. The van der Waals surface area contributed by atoms with Gasteiger partial charge in [0.1, 0.15) is 0 Å². The maximum atomic E-state index is 5.74. The van der Waals surface area contributed by atoms with E-state index in [1.165, 1.54) is 6.42 Å². The second-order valence-corrected chi connectivity index (χ2v) is 5.56. The van der Waals surface area contributed by atoms with Crippen LogP contribution in [-0.2, 0) is 6.54 Å². The van der Waals surface area contributed by atoms with Gasteiger partial charge in [-0.2, -0.15) is 0 Å². The predicted molar refractivity (Wildman–Crippen MR) is 71.2 cm³/mol. The molecule has 1 fully saturated rings. The summed E-state index contributed by atoms with van der Waals surface area (Å²) in [6.45, 7) is 10.5. The predicted octanol–water partition coefficient (Wildman–Crippen LogP) is 1.63. The molecule has 1 atom stereocenters. The third-order valence-corrected chi connectivity index (χ3v) is 3.34. The van der Waals surface area contributed by atoms with E-state index in [0.717, 1.165) is 37.8 Å². The Bertz CT molecular complexity index is 369. The number of hydrogen-bond acceptors (Lipinski definition) is 3. The van der Waals surface area contributed by atoms with Crippen molar-refractivity contribution in [2.75, 3.05) is 24.5 Å². The molecule has 4 heteroatoms. The van der Waals surface area contributed by atoms with Gasteiger partial charge in [0.05, 0.1) is 5.69 Å². The topological polar surface area (TPSA) is 47.1 Å². The average Bonchev–Trinajstić information content (AvgIpc) is 2.83. The van der Waals surface area contributed by atoms with E-state index in [4.69, 9.17) is 5.73 Å². The summed E-state index contributed by atoms with van der Waals surface area (Å²) >= 11 is 0. The summed E-state index contributed by atoms with van der Waals surface area (Å²) in [4.78, 5) is 7.04. The highest BCUT2D eigenvalue weighted by atomic mass is 15.3. The van der Waals surface area contributed by atoms with Crippen LogP contribution in [0.2, 0.25) is 0 Å². The van der Waals surface area contributed by atoms with Crippen molar-refractivity contribution in [3.63, 3.8) is 0 Å². The van der Waals surface area contributed by atoms with E-state index in [1.54, 1.807) is 0 Å². The molecule has 1 aromatic heterocycles. The van der Waals surface area contributed by atoms with Gasteiger partial charge in [-0.3, -0.25) is 0 Å². The number of nitrogens with two attached hydrogens (primary N) is 1. The molecule has 1 unspecified atom stereocenters. The maximum Gasteiger partial charge on any atom is 0.205 e. The van der Waals surface area contributed by atoms with Crippen molar-refractivity contribution in [3.05, 3.63) is 11.9 Å². The largest absolute Gasteiger partial charge is 0.342 e. The minimum Gasteiger partial charge on any atom is -0.342 e. The van der Waals surface area contributed by atoms with E-state index < -0.39 is 0 Å². The van der Waals surface area contributed by atoms with E-state index in [-0.39, 0.29) is 0 Å². The van der Waals surface area contributed by atoms with Crippen LogP contribution in [0.1, 0.15) is 26.0 Å². The summed E-state index contributed by atoms with van der Waals surface area (Å²) in [7, 11) is 0. The molecule has 0 amide bonds. The number of aromatic nitrogens is 2. The Labute approximate surface area is 104 Å². The SMILES string of the molecule is Cc1cn(CC(C)C)c(N2CCC(CN)C2)n1. The number of imidazole rings is 1. The van der Waals surface area contributed by atoms with E-state index in [2.05, 4.69) is 41.4 Å². The number of nitrogens with zero attached hydrogens (tertiary/aromatic N) is 3. The van der Waals surface area contributed by atoms with Crippen LogP contribution in [0.15, 0.2) is 6.20 Å². The number of aryl methyl sites for hydroxylation is 1. The summed E-state index contributed by atoms with van der Waals surface area (Å²) in [6, 6.07) is 0. The molecule has 0 saturated carbocycles. The van der Waals surface area contributed by atoms with Crippen molar-refractivity contribution in [2.24, 2.45) is 17.6 Å². The zero-order chi connectivity index (χ0) is 12.4. The molecule has 0 spiro atoms. The van der Waals surface area contributed by atoms with E-state index in [9.17, 15) is 0 Å². The van der Waals surface area contributed by atoms with E-state index in [1.807, 2.05) is 0 Å². The third-order valence-electron chi connectivity index (χ3n) is 3.34. The van der Waals surface area contributed by atoms with Crippen LogP contribution in [0.3, 0.4) is 0 Å². The van der Waals surface area contributed by atoms with Crippen LogP contribution in [0.5, 0.6) is 0 Å². The first-order valence-electron chi connectivity index (χ1n) is 6.59. The fourth-order valence-corrected chi connectivity index (χ4v) is 2.52. The lowest BCUT2D eigenvalue weighted by atomic mass is 10.1. The minimum atomic E-state index is 0.638. The second kappa shape index (κ2) is 5.08. The van der Waals surface area contributed by atoms with Crippen molar-refractivity contribution in [3.8, 4) is 0 Å². The zero-order valence-electron chi connectivity index (χ0n) is 11.2. The molecule has 2 N–H and O–H groups in total. The van der Waals surface area contributed by atoms with Crippen LogP contribution >= 0.6 is 0 Å². The number of hydrogen-bond donors (Lipinski definition) is 1. The Balaban J connectivity index is 2.14. The molecular formula is C13H24N4. The van der Waals surface area contributed by atoms with Gasteiger partial charge in [-0.05, 0) is 31.7 Å². The van der Waals surface area contributed by atoms with Gasteiger partial charge in [0.2, 0.25) is 5.95 Å². The molecule has 1 saturated heterocycles. The summed E-state index contributed by atoms with van der Waals surface area (Å²) in [5.41, 5.74) is 6.85. The number of rotatable bonds is 4. The summed E-state index contributed by atoms with van der Waals surface area (Å²) in [6.07, 6.45) is 3.36. The first-order chi connectivity index (χ1) is 8.10. The molecule has 0 bridgehead atoms. The van der Waals surface area contributed by atoms with E-state index >= 15 is 0 Å². The Morgan fingerprint density at radius 2 is 2.29 bits per heavy atom. The summed E-state index contributed by atoms with van der Waals surface area (Å²) in [5, 5.41) is 0. The van der Waals surface area contributed by atoms with Crippen LogP contribution in [0, 0.1) is 18.8 Å². The van der Waals surface area contributed by atoms with Crippen LogP contribution in [-0.4, -0.2) is 29.2 Å². The van der Waals surface area contributed by atoms with Gasteiger partial charge < -0.3 is 15.2 Å². The van der Waals surface area contributed by atoms with Crippen LogP contribution < -0.4 is 10.6 Å². The average molecular weight is 236 g/mol. The third kappa shape index (κ3) is 2.80. The zero-order valence-corrected chi connectivity index (χ0v) is 11.2. The van der Waals surface area contributed by atoms with Gasteiger partial charge in [-0.15, -0.1) is 0 Å². The van der Waals surface area contributed by atoms with Gasteiger partial charge in [0, 0.05) is 25.8 Å². The van der Waals surface area contributed by atoms with Gasteiger partial charge in [0.15, 0.2) is 0 Å². The standard InChI is InChI=1S/C13H24N4/c1-10(2)7-17-8-11(3)15-13(17)16-5-4-12(6-14)9-16/h8,10,12H,4-7,9,14H2,1-3H3. The van der Waals surface area contributed by atoms with Crippen molar-refractivity contribution in [1.82, 2.24) is 9.55 Å². The highest BCUT2D eigenvalue weighted by Crippen LogP contribution is 2.23. The highest BCUT2D eigenvalue weighted by molar-refractivity contribution is 5.35. The number of anilines is 1. The Morgan fingerprint density at radius 3 is 2.88 bits per heavy atom. The molecule has 4 nitrogen and oxygen atoms in total. The molecule has 0 aromatic carbocycles. The first kappa shape index (κ1) is 12.4. The van der Waals surface area contributed by atoms with Gasteiger partial charge in [-0.1, -0.05) is 13.8 Å². The quantitative estimate of drug-likeness (QED) is 0.864.